The molecule has 0 unspecified atom stereocenters. The number of hydrogen-bond acceptors (Lipinski definition) is 4. The van der Waals surface area contributed by atoms with Gasteiger partial charge in [-0.25, -0.2) is 8.42 Å². The molecule has 0 aliphatic rings. The lowest BCUT2D eigenvalue weighted by molar-refractivity contribution is 0.272. The van der Waals surface area contributed by atoms with Crippen LogP contribution in [0.15, 0.2) is 41.4 Å². The van der Waals surface area contributed by atoms with Crippen molar-refractivity contribution in [1.82, 2.24) is 4.57 Å². The van der Waals surface area contributed by atoms with E-state index in [0.29, 0.717) is 23.7 Å². The van der Waals surface area contributed by atoms with Gasteiger partial charge in [-0.15, -0.1) is 0 Å². The molecule has 0 bridgehead atoms. The first kappa shape index (κ1) is 15.4. The Bertz CT molecular complexity index is 722. The fourth-order valence-electron chi connectivity index (χ4n) is 1.91. The topological polar surface area (TPSA) is 80.6 Å². The highest BCUT2D eigenvalue weighted by Gasteiger charge is 2.17. The van der Waals surface area contributed by atoms with E-state index in [9.17, 15) is 8.42 Å². The quantitative estimate of drug-likeness (QED) is 0.851. The molecule has 2 rings (SSSR count). The van der Waals surface area contributed by atoms with Gasteiger partial charge in [0, 0.05) is 25.0 Å². The van der Waals surface area contributed by atoms with E-state index in [1.807, 2.05) is 6.92 Å². The second kappa shape index (κ2) is 6.19. The van der Waals surface area contributed by atoms with Crippen LogP contribution < -0.4 is 9.46 Å². The average Bonchev–Trinajstić information content (AvgIpc) is 2.81. The fraction of sp³-hybridized carbons (Fsp3) is 0.286. The molecule has 0 radical (unpaired) electrons. The summed E-state index contributed by atoms with van der Waals surface area (Å²) in [6.07, 6.45) is 1.46. The summed E-state index contributed by atoms with van der Waals surface area (Å²) in [7, 11) is -2.01. The molecule has 1 heterocycles. The summed E-state index contributed by atoms with van der Waals surface area (Å²) in [5, 5.41) is 9.13. The van der Waals surface area contributed by atoms with Crippen LogP contribution in [0.2, 0.25) is 0 Å². The second-order valence-electron chi connectivity index (χ2n) is 4.50. The number of aliphatic hydroxyl groups is 1. The number of nitrogens with zero attached hydrogens (tertiary/aromatic N) is 1. The van der Waals surface area contributed by atoms with E-state index in [-0.39, 0.29) is 11.5 Å². The second-order valence-corrected chi connectivity index (χ2v) is 6.18. The van der Waals surface area contributed by atoms with Crippen LogP contribution in [-0.4, -0.2) is 24.7 Å². The third kappa shape index (κ3) is 3.56. The zero-order chi connectivity index (χ0) is 15.5. The highest BCUT2D eigenvalue weighted by Crippen LogP contribution is 2.22. The van der Waals surface area contributed by atoms with Crippen molar-refractivity contribution in [3.8, 4) is 5.75 Å². The Labute approximate surface area is 124 Å². The molecule has 2 aromatic rings. The third-order valence-corrected chi connectivity index (χ3v) is 4.30. The molecule has 0 atom stereocenters. The van der Waals surface area contributed by atoms with Crippen LogP contribution in [0.3, 0.4) is 0 Å². The van der Waals surface area contributed by atoms with Crippen molar-refractivity contribution in [2.45, 2.75) is 18.4 Å². The fourth-order valence-corrected chi connectivity index (χ4v) is 3.05. The molecule has 7 heteroatoms. The number of aryl methyl sites for hydroxylation is 1. The van der Waals surface area contributed by atoms with Crippen LogP contribution in [-0.2, 0) is 23.7 Å². The van der Waals surface area contributed by atoms with Crippen molar-refractivity contribution >= 4 is 15.7 Å². The highest BCUT2D eigenvalue weighted by molar-refractivity contribution is 7.92. The van der Waals surface area contributed by atoms with Gasteiger partial charge in [0.15, 0.2) is 0 Å². The predicted molar refractivity (Wildman–Crippen MR) is 79.8 cm³/mol. The van der Waals surface area contributed by atoms with Gasteiger partial charge in [-0.05, 0) is 25.1 Å². The molecule has 2 N–H and O–H groups in total. The molecule has 6 nitrogen and oxygen atoms in total. The Kier molecular flexibility index (Phi) is 4.54. The van der Waals surface area contributed by atoms with Crippen molar-refractivity contribution in [1.29, 1.82) is 0 Å². The third-order valence-electron chi connectivity index (χ3n) is 2.95. The van der Waals surface area contributed by atoms with E-state index in [2.05, 4.69) is 4.72 Å². The van der Waals surface area contributed by atoms with Gasteiger partial charge in [-0.3, -0.25) is 4.72 Å². The monoisotopic (exact) mass is 310 g/mol. The number of aliphatic hydroxyl groups excluding tert-OH is 1. The van der Waals surface area contributed by atoms with E-state index < -0.39 is 10.0 Å². The summed E-state index contributed by atoms with van der Waals surface area (Å²) in [5.74, 6) is 0.599. The summed E-state index contributed by atoms with van der Waals surface area (Å²) < 4.78 is 34.0. The number of sulfonamides is 1. The summed E-state index contributed by atoms with van der Waals surface area (Å²) in [6, 6.07) is 8.18. The molecule has 114 valence electrons. The molecule has 21 heavy (non-hydrogen) atoms. The maximum Gasteiger partial charge on any atom is 0.263 e. The molecule has 0 aliphatic carbocycles. The van der Waals surface area contributed by atoms with E-state index in [0.717, 1.165) is 0 Å². The van der Waals surface area contributed by atoms with Crippen LogP contribution in [0, 0.1) is 0 Å². The summed E-state index contributed by atoms with van der Waals surface area (Å²) in [5.41, 5.74) is 0.953. The minimum absolute atomic E-state index is 0.107. The van der Waals surface area contributed by atoms with Gasteiger partial charge in [0.2, 0.25) is 0 Å². The van der Waals surface area contributed by atoms with Crippen molar-refractivity contribution < 1.29 is 18.3 Å². The van der Waals surface area contributed by atoms with Gasteiger partial charge >= 0.3 is 0 Å². The number of nitrogens with one attached hydrogen (secondary N) is 1. The van der Waals surface area contributed by atoms with Gasteiger partial charge in [-0.2, -0.15) is 0 Å². The Hall–Kier alpha value is -1.99. The van der Waals surface area contributed by atoms with Gasteiger partial charge in [0.25, 0.3) is 10.0 Å². The molecule has 0 amide bonds. The zero-order valence-electron chi connectivity index (χ0n) is 11.9. The lowest BCUT2D eigenvalue weighted by Gasteiger charge is -2.08. The van der Waals surface area contributed by atoms with Gasteiger partial charge < -0.3 is 14.4 Å². The molecule has 0 fully saturated rings. The van der Waals surface area contributed by atoms with E-state index in [1.54, 1.807) is 35.9 Å². The van der Waals surface area contributed by atoms with Crippen LogP contribution in [0.5, 0.6) is 5.75 Å². The summed E-state index contributed by atoms with van der Waals surface area (Å²) >= 11 is 0. The highest BCUT2D eigenvalue weighted by atomic mass is 32.2. The van der Waals surface area contributed by atoms with Crippen molar-refractivity contribution in [2.24, 2.45) is 7.05 Å². The smallest absolute Gasteiger partial charge is 0.263 e. The Morgan fingerprint density at radius 1 is 1.33 bits per heavy atom. The molecule has 1 aromatic carbocycles. The molecule has 0 saturated heterocycles. The SMILES string of the molecule is CCOc1cccc(NS(=O)(=O)c2cc(CO)n(C)c2)c1. The van der Waals surface area contributed by atoms with E-state index in [1.165, 1.54) is 12.3 Å². The van der Waals surface area contributed by atoms with Crippen LogP contribution in [0.4, 0.5) is 5.69 Å². The van der Waals surface area contributed by atoms with Crippen molar-refractivity contribution in [3.63, 3.8) is 0 Å². The largest absolute Gasteiger partial charge is 0.494 e. The molecule has 0 aliphatic heterocycles. The Balaban J connectivity index is 2.26. The van der Waals surface area contributed by atoms with E-state index in [4.69, 9.17) is 9.84 Å². The zero-order valence-corrected chi connectivity index (χ0v) is 12.7. The minimum atomic E-state index is -3.69. The molecular weight excluding hydrogens is 292 g/mol. The van der Waals surface area contributed by atoms with Crippen molar-refractivity contribution in [2.75, 3.05) is 11.3 Å². The predicted octanol–water partition coefficient (Wildman–Crippen LogP) is 1.72. The molecule has 0 saturated carbocycles. The van der Waals surface area contributed by atoms with Crippen LogP contribution >= 0.6 is 0 Å². The maximum atomic E-state index is 12.3. The Morgan fingerprint density at radius 2 is 2.10 bits per heavy atom. The van der Waals surface area contributed by atoms with Crippen molar-refractivity contribution in [3.05, 3.63) is 42.2 Å². The lowest BCUT2D eigenvalue weighted by atomic mass is 10.3. The first-order valence-corrected chi connectivity index (χ1v) is 7.96. The molecular formula is C14H18N2O4S. The van der Waals surface area contributed by atoms with Gasteiger partial charge in [0.1, 0.15) is 10.6 Å². The Morgan fingerprint density at radius 3 is 2.71 bits per heavy atom. The number of ether oxygens (including phenoxy) is 1. The first-order chi connectivity index (χ1) is 9.96. The average molecular weight is 310 g/mol. The lowest BCUT2D eigenvalue weighted by Crippen LogP contribution is -2.12. The van der Waals surface area contributed by atoms with Crippen LogP contribution in [0.25, 0.3) is 0 Å². The number of hydrogen-bond donors (Lipinski definition) is 2. The van der Waals surface area contributed by atoms with Crippen LogP contribution in [0.1, 0.15) is 12.6 Å². The standard InChI is InChI=1S/C14H18N2O4S/c1-3-20-13-6-4-5-11(7-13)15-21(18,19)14-8-12(10-17)16(2)9-14/h4-9,15,17H,3,10H2,1-2H3. The first-order valence-electron chi connectivity index (χ1n) is 6.48. The number of anilines is 1. The number of rotatable bonds is 6. The normalized spacial score (nSPS) is 11.4. The molecule has 1 aromatic heterocycles. The minimum Gasteiger partial charge on any atom is -0.494 e. The van der Waals surface area contributed by atoms with E-state index >= 15 is 0 Å². The van der Waals surface area contributed by atoms with Gasteiger partial charge in [-0.1, -0.05) is 6.07 Å². The number of benzene rings is 1. The molecule has 0 spiro atoms. The maximum absolute atomic E-state index is 12.3. The number of aromatic nitrogens is 1. The summed E-state index contributed by atoms with van der Waals surface area (Å²) in [6.45, 7) is 2.15. The van der Waals surface area contributed by atoms with Gasteiger partial charge in [0.05, 0.1) is 18.9 Å². The summed E-state index contributed by atoms with van der Waals surface area (Å²) in [4.78, 5) is 0.107.